The summed E-state index contributed by atoms with van der Waals surface area (Å²) in [7, 11) is -17.7. The first kappa shape index (κ1) is 92.4. The van der Waals surface area contributed by atoms with Gasteiger partial charge in [0.25, 0.3) is 50.6 Å². The fraction of sp³-hybridized carbons (Fsp3) is 0.760. The van der Waals surface area contributed by atoms with E-state index in [0.717, 1.165) is 18.6 Å². The molecule has 6 aliphatic carbocycles. The second-order valence-electron chi connectivity index (χ2n) is 33.6. The molecule has 3 amide bonds. The van der Waals surface area contributed by atoms with E-state index < -0.39 is 190 Å². The van der Waals surface area contributed by atoms with Gasteiger partial charge in [0.1, 0.15) is 123 Å². The van der Waals surface area contributed by atoms with Crippen LogP contribution in [0.2, 0.25) is 0 Å². The van der Waals surface area contributed by atoms with Crippen molar-refractivity contribution < 1.29 is 158 Å². The van der Waals surface area contributed by atoms with E-state index in [9.17, 15) is 80.4 Å². The molecule has 9 saturated heterocycles. The molecule has 15 aliphatic rings. The normalized spacial score (nSPS) is 39.7. The van der Waals surface area contributed by atoms with Gasteiger partial charge in [0.2, 0.25) is 17.7 Å². The maximum atomic E-state index is 12.5. The molecule has 0 radical (unpaired) electrons. The fourth-order valence-corrected chi connectivity index (χ4v) is 30.1. The number of carbonyl (C=O) groups is 8. The fourth-order valence-electron chi connectivity index (χ4n) is 20.4. The third-order valence-corrected chi connectivity index (χ3v) is 35.1. The molecule has 9 aliphatic heterocycles. The molecule has 10 bridgehead atoms. The largest absolute Gasteiger partial charge is 0.462 e. The maximum absolute atomic E-state index is 12.5. The molecule has 9 heterocycles. The van der Waals surface area contributed by atoms with Crippen LogP contribution >= 0.6 is 0 Å². The van der Waals surface area contributed by atoms with Crippen LogP contribution in [0.15, 0.2) is 61.8 Å². The van der Waals surface area contributed by atoms with E-state index >= 15 is 0 Å². The van der Waals surface area contributed by atoms with Gasteiger partial charge >= 0.3 is 29.8 Å². The van der Waals surface area contributed by atoms with Crippen LogP contribution in [0, 0.1) is 46.3 Å². The molecule has 662 valence electrons. The van der Waals surface area contributed by atoms with Gasteiger partial charge in [-0.05, 0) is 110 Å². The third kappa shape index (κ3) is 17.3. The molecule has 26 unspecified atom stereocenters. The molecule has 15 fully saturated rings. The van der Waals surface area contributed by atoms with E-state index in [1.54, 1.807) is 27.7 Å². The molecule has 118 heavy (non-hydrogen) atoms. The Hall–Kier alpha value is -6.27. The van der Waals surface area contributed by atoms with Crippen LogP contribution in [0.1, 0.15) is 115 Å². The number of carbonyl (C=O) groups excluding carboxylic acids is 8. The summed E-state index contributed by atoms with van der Waals surface area (Å²) in [6, 6.07) is 0. The summed E-state index contributed by atoms with van der Waals surface area (Å²) in [5.41, 5.74) is -3.02. The molecule has 0 aromatic heterocycles. The van der Waals surface area contributed by atoms with Crippen LogP contribution in [0.4, 0.5) is 0 Å². The van der Waals surface area contributed by atoms with Crippen LogP contribution in [-0.4, -0.2) is 285 Å². The van der Waals surface area contributed by atoms with Crippen molar-refractivity contribution >= 4 is 98.2 Å². The standard InChI is InChI=1S/C19H29NO7S.C17H25NO7S.C16H23NO7S.C12H16O7S.C11H14O7S/c1-11(2)16(22)20-10-14(21)25-7-8-26-19(6)17(4)9-13-15(12(17)3)18(19,5)27-28(13,23)24;1-9(2)16(20)18-8-12(19)23-5-6-24-14-10-7-11-13(17(10,3)4)15(14)25-26(11,21)22;1-9(2)15(19)17-8-13(18)22-4-5-23-16(3)10-6-11-12(7-10)25(20,21)24-14(11)16;1-3-9(13)16-4-5-17-10-7-6-8-11(18-7)12(10,2)19-20(8,14)15;1-2-8(12)15-3-4-16-9-6-5-7-10(17-6)11(9)18-19(7,13)14/h12-13,15H,1,7-10H2,2-6H3,(H,20,22);10-11,13-15H,1,5-8H2,2-4H3,(H,18,20);10-12,14H,1,4-8H2,2-3H3,(H,17,19);3,7-8,10-11H,1,4-6H2,2H3;2,6-7,9-11H,1,3-5H2. The Morgan fingerprint density at radius 2 is 0.932 bits per heavy atom. The highest BCUT2D eigenvalue weighted by Crippen LogP contribution is 2.74. The van der Waals surface area contributed by atoms with Crippen molar-refractivity contribution in [2.24, 2.45) is 46.3 Å². The van der Waals surface area contributed by atoms with E-state index in [1.807, 2.05) is 20.8 Å². The lowest BCUT2D eigenvalue weighted by Crippen LogP contribution is -2.60. The first-order chi connectivity index (χ1) is 54.9. The molecule has 3 N–H and O–H groups in total. The van der Waals surface area contributed by atoms with Crippen molar-refractivity contribution in [3.63, 3.8) is 0 Å². The van der Waals surface area contributed by atoms with Crippen molar-refractivity contribution in [1.29, 1.82) is 0 Å². The number of hydrogen-bond acceptors (Lipinski definition) is 35. The Morgan fingerprint density at radius 1 is 0.458 bits per heavy atom. The van der Waals surface area contributed by atoms with Crippen LogP contribution in [0.3, 0.4) is 0 Å². The van der Waals surface area contributed by atoms with Crippen molar-refractivity contribution in [3.05, 3.63) is 61.8 Å². The van der Waals surface area contributed by atoms with E-state index in [-0.39, 0.29) is 150 Å². The zero-order chi connectivity index (χ0) is 87.0. The highest BCUT2D eigenvalue weighted by molar-refractivity contribution is 7.88. The Bertz CT molecular complexity index is 4620. The first-order valence-corrected chi connectivity index (χ1v) is 46.2. The SMILES string of the molecule is C=C(C)C(=O)NCC(=O)OCCOC1(C)C2(C)CC3C(C2C)C1(C)OS3(=O)=O.C=C(C)C(=O)NCC(=O)OCCOC1(C)C2CC3C1OS(=O)(=O)C3C2.C=C(C)C(=O)NCC(=O)OCCOC1C2OS(=O)(=O)C3CC1C(C)(C)C23.C=CC(=O)OCCOC1C2CC3C(O2)C1(C)OS3(=O)=O.C=CC(=O)OCCOC1C2CC3C(O2)C1OS3(=O)=O. The number of hydrogen-bond donors (Lipinski definition) is 3. The Labute approximate surface area is 686 Å². The van der Waals surface area contributed by atoms with Crippen molar-refractivity contribution in [2.45, 2.75) is 224 Å². The van der Waals surface area contributed by atoms with E-state index in [2.05, 4.69) is 76.5 Å². The van der Waals surface area contributed by atoms with Crippen LogP contribution in [0.25, 0.3) is 0 Å². The van der Waals surface area contributed by atoms with E-state index in [1.165, 1.54) is 0 Å². The highest BCUT2D eigenvalue weighted by Gasteiger charge is 2.83. The monoisotopic (exact) mass is 1770 g/mol. The average Bonchev–Trinajstić information content (AvgIpc) is 1.47. The predicted molar refractivity (Wildman–Crippen MR) is 407 cm³/mol. The summed E-state index contributed by atoms with van der Waals surface area (Å²) >= 11 is 0. The summed E-state index contributed by atoms with van der Waals surface area (Å²) in [5.74, 6) is -3.80. The van der Waals surface area contributed by atoms with Gasteiger partial charge in [-0.15, -0.1) is 0 Å². The Kier molecular flexibility index (Phi) is 27.0. The first-order valence-electron chi connectivity index (χ1n) is 38.9. The molecule has 43 heteroatoms. The minimum absolute atomic E-state index is 0.0000873. The van der Waals surface area contributed by atoms with Gasteiger partial charge in [0.15, 0.2) is 0 Å². The molecular formula is C75H107N3O35S5. The summed E-state index contributed by atoms with van der Waals surface area (Å²) in [6.45, 7) is 37.3. The van der Waals surface area contributed by atoms with Crippen molar-refractivity contribution in [1.82, 2.24) is 16.0 Å². The number of nitrogens with one attached hydrogen (secondary N) is 3. The number of rotatable bonds is 31. The topological polar surface area (TPSA) is 500 Å². The highest BCUT2D eigenvalue weighted by atomic mass is 32.2. The quantitative estimate of drug-likeness (QED) is 0.0284. The van der Waals surface area contributed by atoms with Gasteiger partial charge in [-0.25, -0.2) is 9.59 Å². The molecule has 38 nitrogen and oxygen atoms in total. The molecule has 0 aromatic rings. The maximum Gasteiger partial charge on any atom is 0.330 e. The molecule has 0 spiro atoms. The van der Waals surface area contributed by atoms with Gasteiger partial charge in [0.05, 0.1) is 72.7 Å². The second kappa shape index (κ2) is 34.4. The lowest BCUT2D eigenvalue weighted by Gasteiger charge is -2.49. The molecule has 6 saturated carbocycles. The van der Waals surface area contributed by atoms with Gasteiger partial charge < -0.3 is 72.8 Å². The molecule has 15 rings (SSSR count). The third-order valence-electron chi connectivity index (χ3n) is 26.4. The lowest BCUT2D eigenvalue weighted by molar-refractivity contribution is -0.198. The Balaban J connectivity index is 0.000000146. The second-order valence-corrected chi connectivity index (χ2v) is 42.5. The number of amides is 3. The van der Waals surface area contributed by atoms with Crippen molar-refractivity contribution in [2.75, 3.05) is 85.7 Å². The number of fused-ring (bicyclic) bond motifs is 5. The minimum Gasteiger partial charge on any atom is -0.462 e. The van der Waals surface area contributed by atoms with Gasteiger partial charge in [0, 0.05) is 52.0 Å². The van der Waals surface area contributed by atoms with Crippen LogP contribution in [-0.2, 0) is 167 Å². The predicted octanol–water partition coefficient (Wildman–Crippen LogP) is 0.803. The number of ether oxygens (including phenoxy) is 12. The van der Waals surface area contributed by atoms with Gasteiger partial charge in [-0.2, -0.15) is 42.1 Å². The zero-order valence-electron chi connectivity index (χ0n) is 67.6. The summed E-state index contributed by atoms with van der Waals surface area (Å²) in [6.07, 6.45) is 1.22. The van der Waals surface area contributed by atoms with Crippen LogP contribution < -0.4 is 16.0 Å². The molecule has 26 atom stereocenters. The zero-order valence-corrected chi connectivity index (χ0v) is 71.7. The summed E-state index contributed by atoms with van der Waals surface area (Å²) in [4.78, 5) is 90.6. The van der Waals surface area contributed by atoms with Crippen LogP contribution in [0.5, 0.6) is 0 Å². The van der Waals surface area contributed by atoms with E-state index in [4.69, 9.17) is 77.8 Å². The molecular weight excluding hydrogens is 1660 g/mol. The minimum atomic E-state index is -3.61. The Morgan fingerprint density at radius 3 is 1.47 bits per heavy atom. The average molecular weight is 1770 g/mol. The van der Waals surface area contributed by atoms with Gasteiger partial charge in [-0.3, -0.25) is 49.7 Å². The van der Waals surface area contributed by atoms with Gasteiger partial charge in [-0.1, -0.05) is 60.6 Å². The molecule has 0 aromatic carbocycles. The summed E-state index contributed by atoms with van der Waals surface area (Å²) < 4.78 is 212. The summed E-state index contributed by atoms with van der Waals surface area (Å²) in [5, 5.41) is 4.72. The lowest BCUT2D eigenvalue weighted by atomic mass is 9.66. The smallest absolute Gasteiger partial charge is 0.330 e. The van der Waals surface area contributed by atoms with Crippen molar-refractivity contribution in [3.8, 4) is 0 Å². The number of esters is 5. The van der Waals surface area contributed by atoms with E-state index in [0.29, 0.717) is 48.8 Å².